The van der Waals surface area contributed by atoms with Gasteiger partial charge in [-0.05, 0) is 24.7 Å². The molecule has 16 heavy (non-hydrogen) atoms. The highest BCUT2D eigenvalue weighted by Crippen LogP contribution is 2.29. The van der Waals surface area contributed by atoms with Crippen LogP contribution in [0.25, 0.3) is 0 Å². The lowest BCUT2D eigenvalue weighted by Crippen LogP contribution is -2.16. The van der Waals surface area contributed by atoms with Crippen molar-refractivity contribution in [2.24, 2.45) is 5.41 Å². The lowest BCUT2D eigenvalue weighted by molar-refractivity contribution is 0.227. The molecule has 0 aromatic heterocycles. The summed E-state index contributed by atoms with van der Waals surface area (Å²) in [7, 11) is 0. The monoisotopic (exact) mass is 226 g/mol. The second kappa shape index (κ2) is 8.55. The lowest BCUT2D eigenvalue weighted by atomic mass is 9.83. The van der Waals surface area contributed by atoms with E-state index in [-0.39, 0.29) is 5.41 Å². The molecule has 0 aliphatic heterocycles. The maximum Gasteiger partial charge on any atom is 0.119 e. The number of rotatable bonds is 8. The maximum absolute atomic E-state index is 13.6. The average Bonchev–Trinajstić information content (AvgIpc) is 2.16. The Morgan fingerprint density at radius 3 is 2.38 bits per heavy atom. The number of halogens is 1. The third-order valence-corrected chi connectivity index (χ3v) is 2.70. The number of hydrogen-bond acceptors (Lipinski definition) is 0. The van der Waals surface area contributed by atoms with E-state index in [4.69, 9.17) is 0 Å². The summed E-state index contributed by atoms with van der Waals surface area (Å²) >= 11 is 0. The van der Waals surface area contributed by atoms with Crippen LogP contribution >= 0.6 is 0 Å². The van der Waals surface area contributed by atoms with Crippen LogP contribution in [0.1, 0.15) is 59.8 Å². The zero-order chi connectivity index (χ0) is 12.4. The van der Waals surface area contributed by atoms with Crippen LogP contribution in [-0.4, -0.2) is 6.17 Å². The van der Waals surface area contributed by atoms with Crippen molar-refractivity contribution >= 4 is 0 Å². The van der Waals surface area contributed by atoms with E-state index in [1.54, 1.807) is 6.08 Å². The number of hydrogen-bond donors (Lipinski definition) is 0. The molecule has 0 amide bonds. The first-order valence-electron chi connectivity index (χ1n) is 6.49. The van der Waals surface area contributed by atoms with Crippen molar-refractivity contribution in [3.63, 3.8) is 0 Å². The Morgan fingerprint density at radius 2 is 1.81 bits per heavy atom. The van der Waals surface area contributed by atoms with Crippen molar-refractivity contribution in [3.05, 3.63) is 24.3 Å². The highest BCUT2D eigenvalue weighted by molar-refractivity contribution is 5.05. The molecule has 0 saturated carbocycles. The summed E-state index contributed by atoms with van der Waals surface area (Å²) in [6, 6.07) is 0. The molecule has 0 saturated heterocycles. The number of alkyl halides is 1. The average molecular weight is 226 g/mol. The summed E-state index contributed by atoms with van der Waals surface area (Å²) in [6.07, 6.45) is 11.8. The number of unbranched alkanes of at least 4 members (excludes halogenated alkanes) is 1. The molecule has 0 aliphatic rings. The Bertz CT molecular complexity index is 213. The predicted molar refractivity (Wildman–Crippen MR) is 71.4 cm³/mol. The first-order valence-corrected chi connectivity index (χ1v) is 6.49. The fourth-order valence-electron chi connectivity index (χ4n) is 1.90. The van der Waals surface area contributed by atoms with E-state index in [1.807, 2.05) is 12.2 Å². The molecule has 1 heteroatoms. The van der Waals surface area contributed by atoms with Crippen LogP contribution in [0.4, 0.5) is 4.39 Å². The summed E-state index contributed by atoms with van der Waals surface area (Å²) < 4.78 is 13.6. The molecule has 0 aromatic carbocycles. The summed E-state index contributed by atoms with van der Waals surface area (Å²) in [5.74, 6) is 0. The quantitative estimate of drug-likeness (QED) is 0.482. The highest BCUT2D eigenvalue weighted by atomic mass is 19.1. The van der Waals surface area contributed by atoms with E-state index in [0.29, 0.717) is 6.42 Å². The molecule has 0 rings (SSSR count). The minimum atomic E-state index is -0.812. The Labute approximate surface area is 101 Å². The van der Waals surface area contributed by atoms with Crippen LogP contribution in [0.3, 0.4) is 0 Å². The molecule has 0 heterocycles. The maximum atomic E-state index is 13.6. The van der Waals surface area contributed by atoms with Crippen molar-refractivity contribution < 1.29 is 4.39 Å². The van der Waals surface area contributed by atoms with E-state index in [9.17, 15) is 4.39 Å². The van der Waals surface area contributed by atoms with E-state index >= 15 is 0 Å². The topological polar surface area (TPSA) is 0 Å². The van der Waals surface area contributed by atoms with Gasteiger partial charge in [-0.2, -0.15) is 0 Å². The Hall–Kier alpha value is -0.590. The Kier molecular flexibility index (Phi) is 8.23. The molecule has 94 valence electrons. The van der Waals surface area contributed by atoms with Crippen LogP contribution in [0.15, 0.2) is 24.3 Å². The third-order valence-electron chi connectivity index (χ3n) is 2.70. The van der Waals surface area contributed by atoms with Gasteiger partial charge in [-0.1, -0.05) is 64.8 Å². The smallest absolute Gasteiger partial charge is 0.119 e. The van der Waals surface area contributed by atoms with Crippen LogP contribution in [0.2, 0.25) is 0 Å². The van der Waals surface area contributed by atoms with Gasteiger partial charge in [-0.15, -0.1) is 0 Å². The minimum absolute atomic E-state index is 0.117. The van der Waals surface area contributed by atoms with Crippen molar-refractivity contribution in [2.45, 2.75) is 66.0 Å². The van der Waals surface area contributed by atoms with Gasteiger partial charge in [0, 0.05) is 0 Å². The van der Waals surface area contributed by atoms with E-state index in [1.165, 1.54) is 0 Å². The lowest BCUT2D eigenvalue weighted by Gasteiger charge is -2.24. The highest BCUT2D eigenvalue weighted by Gasteiger charge is 2.20. The molecular formula is C15H27F. The van der Waals surface area contributed by atoms with Crippen LogP contribution in [0, 0.1) is 5.41 Å². The number of allylic oxidation sites excluding steroid dienone is 4. The van der Waals surface area contributed by atoms with Gasteiger partial charge in [0.05, 0.1) is 0 Å². The van der Waals surface area contributed by atoms with Gasteiger partial charge < -0.3 is 0 Å². The van der Waals surface area contributed by atoms with Crippen molar-refractivity contribution in [1.82, 2.24) is 0 Å². The summed E-state index contributed by atoms with van der Waals surface area (Å²) in [5.41, 5.74) is 0.117. The molecule has 0 aromatic rings. The van der Waals surface area contributed by atoms with Crippen molar-refractivity contribution in [3.8, 4) is 0 Å². The molecular weight excluding hydrogens is 199 g/mol. The fourth-order valence-corrected chi connectivity index (χ4v) is 1.90. The van der Waals surface area contributed by atoms with Crippen molar-refractivity contribution in [1.29, 1.82) is 0 Å². The van der Waals surface area contributed by atoms with Gasteiger partial charge >= 0.3 is 0 Å². The molecule has 0 N–H and O–H groups in total. The minimum Gasteiger partial charge on any atom is -0.243 e. The van der Waals surface area contributed by atoms with Gasteiger partial charge in [0.25, 0.3) is 0 Å². The predicted octanol–water partition coefficient (Wildman–Crippen LogP) is 5.45. The van der Waals surface area contributed by atoms with Crippen LogP contribution < -0.4 is 0 Å². The summed E-state index contributed by atoms with van der Waals surface area (Å²) in [4.78, 5) is 0. The van der Waals surface area contributed by atoms with Crippen molar-refractivity contribution in [2.75, 3.05) is 0 Å². The summed E-state index contributed by atoms with van der Waals surface area (Å²) in [5, 5.41) is 0. The molecule has 0 fully saturated rings. The molecule has 0 spiro atoms. The zero-order valence-electron chi connectivity index (χ0n) is 11.3. The summed E-state index contributed by atoms with van der Waals surface area (Å²) in [6.45, 7) is 8.57. The standard InChI is InChI=1S/C15H27F/c1-5-7-8-9-10-11-14(16)13-15(3,4)12-6-2/h8-11,14H,5-7,12-13H2,1-4H3/b9-8+,11-10+. The normalized spacial score (nSPS) is 15.1. The largest absolute Gasteiger partial charge is 0.243 e. The molecule has 0 radical (unpaired) electrons. The molecule has 0 bridgehead atoms. The van der Waals surface area contributed by atoms with Gasteiger partial charge in [-0.25, -0.2) is 4.39 Å². The molecule has 1 unspecified atom stereocenters. The fraction of sp³-hybridized carbons (Fsp3) is 0.733. The molecule has 0 aliphatic carbocycles. The van der Waals surface area contributed by atoms with Gasteiger partial charge in [0.2, 0.25) is 0 Å². The Balaban J connectivity index is 3.92. The second-order valence-corrected chi connectivity index (χ2v) is 5.24. The van der Waals surface area contributed by atoms with Crippen LogP contribution in [0.5, 0.6) is 0 Å². The second-order valence-electron chi connectivity index (χ2n) is 5.24. The molecule has 0 nitrogen and oxygen atoms in total. The molecule has 1 atom stereocenters. The van der Waals surface area contributed by atoms with Gasteiger partial charge in [0.1, 0.15) is 6.17 Å². The van der Waals surface area contributed by atoms with E-state index in [2.05, 4.69) is 33.8 Å². The Morgan fingerprint density at radius 1 is 1.12 bits per heavy atom. The van der Waals surface area contributed by atoms with E-state index in [0.717, 1.165) is 25.7 Å². The van der Waals surface area contributed by atoms with Gasteiger partial charge in [-0.3, -0.25) is 0 Å². The SMILES string of the molecule is CCC/C=C/C=C/C(F)CC(C)(C)CCC. The van der Waals surface area contributed by atoms with E-state index < -0.39 is 6.17 Å². The van der Waals surface area contributed by atoms with Crippen LogP contribution in [-0.2, 0) is 0 Å². The first-order chi connectivity index (χ1) is 7.52. The third kappa shape index (κ3) is 8.70. The van der Waals surface area contributed by atoms with Gasteiger partial charge in [0.15, 0.2) is 0 Å². The first kappa shape index (κ1) is 15.4. The zero-order valence-corrected chi connectivity index (χ0v) is 11.3.